The zero-order valence-corrected chi connectivity index (χ0v) is 20.6. The molecule has 2 heterocycles. The lowest BCUT2D eigenvalue weighted by Crippen LogP contribution is -2.53. The van der Waals surface area contributed by atoms with E-state index in [2.05, 4.69) is 25.8 Å². The Bertz CT molecular complexity index is 1100. The van der Waals surface area contributed by atoms with Crippen LogP contribution in [-0.4, -0.2) is 65.9 Å². The fourth-order valence-corrected chi connectivity index (χ4v) is 4.12. The van der Waals surface area contributed by atoms with E-state index in [1.165, 1.54) is 26.2 Å². The van der Waals surface area contributed by atoms with E-state index < -0.39 is 29.1 Å². The number of nitrogens with one attached hydrogen (secondary N) is 3. The molecule has 3 N–H and O–H groups in total. The van der Waals surface area contributed by atoms with Crippen molar-refractivity contribution in [2.75, 3.05) is 27.7 Å². The Kier molecular flexibility index (Phi) is 7.40. The normalized spacial score (nSPS) is 15.1. The minimum atomic E-state index is -0.764. The number of nitrogens with zero attached hydrogens (tertiary/aromatic N) is 3. The number of likely N-dealkylation sites (N-methyl/N-ethyl adjacent to an activating group) is 1. The number of imidazole rings is 1. The Labute approximate surface area is 199 Å². The van der Waals surface area contributed by atoms with Crippen LogP contribution in [0.1, 0.15) is 53.7 Å². The third kappa shape index (κ3) is 5.11. The smallest absolute Gasteiger partial charge is 0.272 e. The molecular formula is C24H33FN6O3. The lowest BCUT2D eigenvalue weighted by molar-refractivity contribution is -0.124. The minimum absolute atomic E-state index is 0.0958. The van der Waals surface area contributed by atoms with Crippen LogP contribution in [0.25, 0.3) is 11.4 Å². The molecule has 0 bridgehead atoms. The van der Waals surface area contributed by atoms with E-state index in [-0.39, 0.29) is 17.2 Å². The number of rotatable bonds is 5. The van der Waals surface area contributed by atoms with Crippen LogP contribution < -0.4 is 16.0 Å². The van der Waals surface area contributed by atoms with Crippen LogP contribution in [-0.2, 0) is 17.9 Å². The molecule has 34 heavy (non-hydrogen) atoms. The molecule has 0 radical (unpaired) electrons. The monoisotopic (exact) mass is 472 g/mol. The van der Waals surface area contributed by atoms with Crippen LogP contribution in [0, 0.1) is 11.2 Å². The summed E-state index contributed by atoms with van der Waals surface area (Å²) in [6.07, 6.45) is 0.834. The second kappa shape index (κ2) is 9.92. The van der Waals surface area contributed by atoms with Gasteiger partial charge in [-0.1, -0.05) is 20.8 Å². The van der Waals surface area contributed by atoms with Crippen LogP contribution in [0.3, 0.4) is 0 Å². The molecule has 3 rings (SSSR count). The molecule has 1 atom stereocenters. The average Bonchev–Trinajstić information content (AvgIpc) is 3.02. The summed E-state index contributed by atoms with van der Waals surface area (Å²) in [7, 11) is 4.93. The van der Waals surface area contributed by atoms with Crippen molar-refractivity contribution >= 4 is 17.7 Å². The van der Waals surface area contributed by atoms with Gasteiger partial charge < -0.3 is 25.4 Å². The first-order valence-electron chi connectivity index (χ1n) is 11.3. The molecule has 0 aliphatic carbocycles. The standard InChI is InChI=1S/C24H33FN6O3/c1-24(2,3)19(23(34)27-5)29-22(33)18-17-13-30(6)10-7-11-31(17)20(28-18)14-8-9-16(25)15(12-14)21(32)26-4/h8-9,12,19H,7,10-11,13H2,1-6H3,(H,26,32)(H,27,34)(H,29,33)/t19-/m1/s1. The molecule has 1 aliphatic rings. The van der Waals surface area contributed by atoms with Crippen LogP contribution in [0.5, 0.6) is 0 Å². The number of hydrogen-bond acceptors (Lipinski definition) is 5. The van der Waals surface area contributed by atoms with Crippen molar-refractivity contribution in [3.63, 3.8) is 0 Å². The maximum atomic E-state index is 14.3. The topological polar surface area (TPSA) is 108 Å². The van der Waals surface area contributed by atoms with E-state index in [4.69, 9.17) is 0 Å². The van der Waals surface area contributed by atoms with Gasteiger partial charge in [0.2, 0.25) is 5.91 Å². The van der Waals surface area contributed by atoms with Crippen molar-refractivity contribution in [3.05, 3.63) is 41.0 Å². The van der Waals surface area contributed by atoms with Gasteiger partial charge in [-0.25, -0.2) is 9.37 Å². The number of hydrogen-bond donors (Lipinski definition) is 3. The number of fused-ring (bicyclic) bond motifs is 1. The van der Waals surface area contributed by atoms with Gasteiger partial charge in [-0.05, 0) is 43.6 Å². The van der Waals surface area contributed by atoms with Crippen LogP contribution in [0.2, 0.25) is 0 Å². The summed E-state index contributed by atoms with van der Waals surface area (Å²) in [4.78, 5) is 44.8. The molecule has 1 aliphatic heterocycles. The third-order valence-electron chi connectivity index (χ3n) is 5.98. The molecule has 10 heteroatoms. The first-order valence-corrected chi connectivity index (χ1v) is 11.3. The number of carbonyl (C=O) groups is 3. The molecule has 0 spiro atoms. The van der Waals surface area contributed by atoms with E-state index in [0.29, 0.717) is 30.2 Å². The molecule has 0 saturated carbocycles. The third-order valence-corrected chi connectivity index (χ3v) is 5.98. The van der Waals surface area contributed by atoms with Gasteiger partial charge in [0.25, 0.3) is 11.8 Å². The summed E-state index contributed by atoms with van der Waals surface area (Å²) in [5.41, 5.74) is 0.839. The van der Waals surface area contributed by atoms with Gasteiger partial charge in [0, 0.05) is 32.7 Å². The van der Waals surface area contributed by atoms with Crippen molar-refractivity contribution in [2.45, 2.75) is 46.3 Å². The Morgan fingerprint density at radius 2 is 1.79 bits per heavy atom. The lowest BCUT2D eigenvalue weighted by Gasteiger charge is -2.29. The fraction of sp³-hybridized carbons (Fsp3) is 0.500. The summed E-state index contributed by atoms with van der Waals surface area (Å²) in [5.74, 6) is -1.45. The number of halogens is 1. The molecule has 0 fully saturated rings. The van der Waals surface area contributed by atoms with E-state index >= 15 is 0 Å². The predicted molar refractivity (Wildman–Crippen MR) is 127 cm³/mol. The fourth-order valence-electron chi connectivity index (χ4n) is 4.12. The maximum absolute atomic E-state index is 14.3. The van der Waals surface area contributed by atoms with E-state index in [9.17, 15) is 18.8 Å². The SMILES string of the molecule is CNC(=O)c1cc(-c2nc(C(=O)N[C@H](C(=O)NC)C(C)(C)C)c3n2CCCN(C)C3)ccc1F. The van der Waals surface area contributed by atoms with Crippen molar-refractivity contribution in [1.29, 1.82) is 0 Å². The Hall–Kier alpha value is -3.27. The highest BCUT2D eigenvalue weighted by atomic mass is 19.1. The van der Waals surface area contributed by atoms with E-state index in [1.54, 1.807) is 6.07 Å². The predicted octanol–water partition coefficient (Wildman–Crippen LogP) is 1.77. The second-order valence-corrected chi connectivity index (χ2v) is 9.63. The molecule has 0 saturated heterocycles. The number of aromatic nitrogens is 2. The van der Waals surface area contributed by atoms with E-state index in [0.717, 1.165) is 13.0 Å². The first-order chi connectivity index (χ1) is 16.0. The van der Waals surface area contributed by atoms with Gasteiger partial charge in [0.1, 0.15) is 17.7 Å². The highest BCUT2D eigenvalue weighted by Crippen LogP contribution is 2.28. The average molecular weight is 473 g/mol. The number of carbonyl (C=O) groups excluding carboxylic acids is 3. The summed E-state index contributed by atoms with van der Waals surface area (Å²) in [6.45, 7) is 7.55. The van der Waals surface area contributed by atoms with Gasteiger partial charge >= 0.3 is 0 Å². The Morgan fingerprint density at radius 1 is 1.09 bits per heavy atom. The lowest BCUT2D eigenvalue weighted by atomic mass is 9.86. The van der Waals surface area contributed by atoms with Gasteiger partial charge in [-0.3, -0.25) is 14.4 Å². The summed E-state index contributed by atoms with van der Waals surface area (Å²) in [6, 6.07) is 3.46. The zero-order valence-electron chi connectivity index (χ0n) is 20.6. The van der Waals surface area contributed by atoms with Crippen molar-refractivity contribution in [2.24, 2.45) is 5.41 Å². The van der Waals surface area contributed by atoms with E-state index in [1.807, 2.05) is 32.4 Å². The molecule has 1 aromatic carbocycles. The number of benzene rings is 1. The van der Waals surface area contributed by atoms with Gasteiger partial charge in [0.15, 0.2) is 5.69 Å². The van der Waals surface area contributed by atoms with Crippen molar-refractivity contribution in [3.8, 4) is 11.4 Å². The largest absolute Gasteiger partial charge is 0.357 e. The molecule has 184 valence electrons. The summed E-state index contributed by atoms with van der Waals surface area (Å²) < 4.78 is 16.2. The summed E-state index contributed by atoms with van der Waals surface area (Å²) in [5, 5.41) is 7.90. The quantitative estimate of drug-likeness (QED) is 0.615. The summed E-state index contributed by atoms with van der Waals surface area (Å²) >= 11 is 0. The molecule has 1 aromatic heterocycles. The highest BCUT2D eigenvalue weighted by Gasteiger charge is 2.34. The maximum Gasteiger partial charge on any atom is 0.272 e. The van der Waals surface area contributed by atoms with Crippen LogP contribution in [0.15, 0.2) is 18.2 Å². The number of amides is 3. The van der Waals surface area contributed by atoms with Crippen molar-refractivity contribution in [1.82, 2.24) is 30.4 Å². The Balaban J connectivity index is 2.11. The molecule has 3 amide bonds. The van der Waals surface area contributed by atoms with Crippen LogP contribution >= 0.6 is 0 Å². The molecule has 9 nitrogen and oxygen atoms in total. The zero-order chi connectivity index (χ0) is 25.2. The van der Waals surface area contributed by atoms with Crippen LogP contribution in [0.4, 0.5) is 4.39 Å². The first kappa shape index (κ1) is 25.4. The molecule has 0 unspecified atom stereocenters. The molecular weight excluding hydrogens is 439 g/mol. The van der Waals surface area contributed by atoms with Gasteiger partial charge in [-0.15, -0.1) is 0 Å². The second-order valence-electron chi connectivity index (χ2n) is 9.63. The highest BCUT2D eigenvalue weighted by molar-refractivity contribution is 5.98. The minimum Gasteiger partial charge on any atom is -0.357 e. The van der Waals surface area contributed by atoms with Gasteiger partial charge in [-0.2, -0.15) is 0 Å². The molecule has 2 aromatic rings. The Morgan fingerprint density at radius 3 is 2.41 bits per heavy atom. The van der Waals surface area contributed by atoms with Crippen molar-refractivity contribution < 1.29 is 18.8 Å². The van der Waals surface area contributed by atoms with Gasteiger partial charge in [0.05, 0.1) is 11.3 Å².